The Kier molecular flexibility index (Phi) is 2.70. The fourth-order valence-corrected chi connectivity index (χ4v) is 1.51. The summed E-state index contributed by atoms with van der Waals surface area (Å²) < 4.78 is 18.5. The highest BCUT2D eigenvalue weighted by Crippen LogP contribution is 2.45. The summed E-state index contributed by atoms with van der Waals surface area (Å²) in [7, 11) is -4.61. The Balaban J connectivity index is 2.76. The molecule has 0 spiro atoms. The molecule has 1 heterocycles. The van der Waals surface area contributed by atoms with Crippen LogP contribution in [0.5, 0.6) is 0 Å². The van der Waals surface area contributed by atoms with Crippen LogP contribution in [0.1, 0.15) is 12.8 Å². The van der Waals surface area contributed by atoms with E-state index in [2.05, 4.69) is 9.05 Å². The molecular weight excluding hydrogens is 203 g/mol. The van der Waals surface area contributed by atoms with E-state index in [0.29, 0.717) is 0 Å². The Bertz CT molecular complexity index is 261. The van der Waals surface area contributed by atoms with E-state index in [4.69, 9.17) is 10.00 Å². The highest BCUT2D eigenvalue weighted by atomic mass is 31.2. The maximum Gasteiger partial charge on any atom is 0.589 e. The summed E-state index contributed by atoms with van der Waals surface area (Å²) in [6, 6.07) is 0. The summed E-state index contributed by atoms with van der Waals surface area (Å²) in [6.45, 7) is 0. The fourth-order valence-electron chi connectivity index (χ4n) is 0.807. The van der Waals surface area contributed by atoms with Gasteiger partial charge in [0.1, 0.15) is 0 Å². The molecule has 7 nitrogen and oxygen atoms in total. The molecule has 8 heteroatoms. The van der Waals surface area contributed by atoms with E-state index in [1.807, 2.05) is 0 Å². The maximum absolute atomic E-state index is 10.7. The molecule has 0 saturated carbocycles. The third-order valence-electron chi connectivity index (χ3n) is 1.24. The third kappa shape index (κ3) is 3.14. The Morgan fingerprint density at radius 3 is 2.00 bits per heavy atom. The van der Waals surface area contributed by atoms with Gasteiger partial charge in [0.2, 0.25) is 0 Å². The van der Waals surface area contributed by atoms with Gasteiger partial charge >= 0.3 is 19.8 Å². The minimum atomic E-state index is -4.61. The number of carbonyl (C=O) groups excluding carboxylic acids is 2. The van der Waals surface area contributed by atoms with Crippen molar-refractivity contribution in [1.29, 1.82) is 0 Å². The quantitative estimate of drug-likeness (QED) is 0.510. The zero-order valence-electron chi connectivity index (χ0n) is 6.37. The van der Waals surface area contributed by atoms with Crippen LogP contribution in [-0.4, -0.2) is 28.0 Å². The van der Waals surface area contributed by atoms with E-state index in [0.717, 1.165) is 0 Å². The van der Waals surface area contributed by atoms with Gasteiger partial charge in [-0.15, -0.1) is 0 Å². The third-order valence-corrected chi connectivity index (χ3v) is 2.11. The van der Waals surface area contributed by atoms with E-state index in [9.17, 15) is 14.2 Å². The average Bonchev–Trinajstić information content (AvgIpc) is 1.78. The van der Waals surface area contributed by atoms with Crippen molar-refractivity contribution >= 4 is 19.8 Å². The molecule has 1 rings (SSSR count). The maximum atomic E-state index is 10.7. The number of rotatable bonds is 0. The number of carbonyl (C=O) groups is 2. The molecule has 2 N–H and O–H groups in total. The second-order valence-electron chi connectivity index (χ2n) is 2.46. The van der Waals surface area contributed by atoms with Gasteiger partial charge in [-0.05, 0) is 0 Å². The van der Waals surface area contributed by atoms with Crippen LogP contribution < -0.4 is 0 Å². The highest BCUT2D eigenvalue weighted by molar-refractivity contribution is 7.48. The minimum Gasteiger partial charge on any atom is -0.392 e. The predicted octanol–water partition coefficient (Wildman–Crippen LogP) is -0.672. The van der Waals surface area contributed by atoms with Gasteiger partial charge in [-0.25, -0.2) is 4.57 Å². The summed E-state index contributed by atoms with van der Waals surface area (Å²) in [6.07, 6.45) is -2.24. The number of hydrogen-bond acceptors (Lipinski definition) is 6. The molecule has 1 saturated heterocycles. The monoisotopic (exact) mass is 210 g/mol. The predicted molar refractivity (Wildman–Crippen MR) is 37.3 cm³/mol. The van der Waals surface area contributed by atoms with Crippen LogP contribution in [0.2, 0.25) is 0 Å². The normalized spacial score (nSPS) is 35.7. The van der Waals surface area contributed by atoms with Crippen molar-refractivity contribution in [2.75, 3.05) is 0 Å². The van der Waals surface area contributed by atoms with Crippen molar-refractivity contribution in [2.45, 2.75) is 18.9 Å². The van der Waals surface area contributed by atoms with Gasteiger partial charge in [-0.1, -0.05) is 0 Å². The van der Waals surface area contributed by atoms with Crippen LogP contribution in [0.15, 0.2) is 0 Å². The lowest BCUT2D eigenvalue weighted by Crippen LogP contribution is -2.23. The van der Waals surface area contributed by atoms with Gasteiger partial charge in [0.25, 0.3) is 0 Å². The van der Waals surface area contributed by atoms with Crippen LogP contribution >= 0.6 is 7.82 Å². The van der Waals surface area contributed by atoms with E-state index in [-0.39, 0.29) is 0 Å². The standard InChI is InChI=1S/C5H7O7P/c6-3-1-4(7)11-13(9,10)12-5(8)2-3/h3,6H,1-2H2,(H,9,10). The Morgan fingerprint density at radius 1 is 1.23 bits per heavy atom. The number of phosphoric acid groups is 1. The molecule has 0 unspecified atom stereocenters. The molecule has 0 aromatic heterocycles. The molecular formula is C5H7O7P. The second kappa shape index (κ2) is 3.45. The lowest BCUT2D eigenvalue weighted by atomic mass is 10.2. The molecule has 1 fully saturated rings. The van der Waals surface area contributed by atoms with Gasteiger partial charge in [0, 0.05) is 0 Å². The van der Waals surface area contributed by atoms with Gasteiger partial charge in [-0.2, -0.15) is 0 Å². The second-order valence-corrected chi connectivity index (χ2v) is 3.76. The van der Waals surface area contributed by atoms with Crippen molar-refractivity contribution < 1.29 is 33.2 Å². The number of aliphatic hydroxyl groups is 1. The molecule has 0 amide bonds. The molecule has 13 heavy (non-hydrogen) atoms. The molecule has 0 bridgehead atoms. The SMILES string of the molecule is O=C1CC(O)CC(=O)OP(=O)(O)O1. The Morgan fingerprint density at radius 2 is 1.62 bits per heavy atom. The molecule has 1 aliphatic heterocycles. The first-order valence-corrected chi connectivity index (χ1v) is 4.84. The summed E-state index contributed by atoms with van der Waals surface area (Å²) in [5, 5.41) is 8.95. The molecule has 1 aliphatic rings. The van der Waals surface area contributed by atoms with Crippen LogP contribution in [-0.2, 0) is 23.2 Å². The minimum absolute atomic E-state index is 0.500. The van der Waals surface area contributed by atoms with Crippen molar-refractivity contribution in [2.24, 2.45) is 0 Å². The van der Waals surface area contributed by atoms with Crippen molar-refractivity contribution in [1.82, 2.24) is 0 Å². The molecule has 74 valence electrons. The van der Waals surface area contributed by atoms with Gasteiger partial charge in [0.05, 0.1) is 18.9 Å². The average molecular weight is 210 g/mol. The van der Waals surface area contributed by atoms with Gasteiger partial charge in [-0.3, -0.25) is 14.5 Å². The largest absolute Gasteiger partial charge is 0.589 e. The smallest absolute Gasteiger partial charge is 0.392 e. The molecule has 0 aromatic rings. The zero-order valence-corrected chi connectivity index (χ0v) is 7.27. The van der Waals surface area contributed by atoms with Crippen LogP contribution in [0.25, 0.3) is 0 Å². The Hall–Kier alpha value is -0.910. The first kappa shape index (κ1) is 10.2. The van der Waals surface area contributed by atoms with E-state index < -0.39 is 38.7 Å². The lowest BCUT2D eigenvalue weighted by Gasteiger charge is -2.16. The van der Waals surface area contributed by atoms with Crippen LogP contribution in [0, 0.1) is 0 Å². The highest BCUT2D eigenvalue weighted by Gasteiger charge is 2.35. The van der Waals surface area contributed by atoms with Crippen LogP contribution in [0.3, 0.4) is 0 Å². The topological polar surface area (TPSA) is 110 Å². The molecule has 0 aliphatic carbocycles. The zero-order chi connectivity index (χ0) is 10.1. The summed E-state index contributed by atoms with van der Waals surface area (Å²) >= 11 is 0. The van der Waals surface area contributed by atoms with E-state index in [1.165, 1.54) is 0 Å². The number of phosphoric ester groups is 1. The summed E-state index contributed by atoms with van der Waals surface area (Å²) in [5.41, 5.74) is 0. The first-order chi connectivity index (χ1) is 5.89. The molecule has 0 atom stereocenters. The summed E-state index contributed by atoms with van der Waals surface area (Å²) in [5.74, 6) is -2.16. The van der Waals surface area contributed by atoms with Crippen molar-refractivity contribution in [3.8, 4) is 0 Å². The number of hydrogen-bond donors (Lipinski definition) is 2. The van der Waals surface area contributed by atoms with Crippen LogP contribution in [0.4, 0.5) is 0 Å². The molecule has 0 radical (unpaired) electrons. The lowest BCUT2D eigenvalue weighted by molar-refractivity contribution is -0.146. The van der Waals surface area contributed by atoms with Crippen molar-refractivity contribution in [3.63, 3.8) is 0 Å². The Labute approximate surface area is 72.9 Å². The van der Waals surface area contributed by atoms with Gasteiger partial charge < -0.3 is 14.2 Å². The van der Waals surface area contributed by atoms with E-state index in [1.54, 1.807) is 0 Å². The summed E-state index contributed by atoms with van der Waals surface area (Å²) in [4.78, 5) is 30.0. The first-order valence-electron chi connectivity index (χ1n) is 3.35. The fraction of sp³-hybridized carbons (Fsp3) is 0.600. The molecule has 0 aromatic carbocycles. The van der Waals surface area contributed by atoms with Crippen molar-refractivity contribution in [3.05, 3.63) is 0 Å². The van der Waals surface area contributed by atoms with Gasteiger partial charge in [0.15, 0.2) is 0 Å². The van der Waals surface area contributed by atoms with E-state index >= 15 is 0 Å². The number of aliphatic hydroxyl groups excluding tert-OH is 1.